The van der Waals surface area contributed by atoms with Gasteiger partial charge in [-0.25, -0.2) is 9.97 Å². The zero-order valence-electron chi connectivity index (χ0n) is 13.5. The minimum atomic E-state index is -0.0252. The number of aromatic nitrogens is 2. The van der Waals surface area contributed by atoms with Gasteiger partial charge < -0.3 is 5.32 Å². The Morgan fingerprint density at radius 2 is 1.92 bits per heavy atom. The second kappa shape index (κ2) is 7.11. The maximum absolute atomic E-state index is 12.2. The van der Waals surface area contributed by atoms with E-state index in [-0.39, 0.29) is 5.91 Å². The van der Waals surface area contributed by atoms with E-state index in [1.54, 1.807) is 23.1 Å². The van der Waals surface area contributed by atoms with Crippen molar-refractivity contribution in [2.75, 3.05) is 11.1 Å². The third-order valence-corrected chi connectivity index (χ3v) is 6.76. The molecule has 0 saturated carbocycles. The van der Waals surface area contributed by atoms with E-state index in [2.05, 4.69) is 21.4 Å². The van der Waals surface area contributed by atoms with Crippen LogP contribution in [-0.4, -0.2) is 21.6 Å². The molecule has 1 N–H and O–H groups in total. The molecule has 0 aliphatic heterocycles. The quantitative estimate of drug-likeness (QED) is 0.520. The van der Waals surface area contributed by atoms with E-state index in [0.717, 1.165) is 32.1 Å². The van der Waals surface area contributed by atoms with Crippen LogP contribution in [0.4, 0.5) is 5.13 Å². The molecule has 2 aromatic carbocycles. The fourth-order valence-corrected chi connectivity index (χ4v) is 5.31. The van der Waals surface area contributed by atoms with Gasteiger partial charge in [-0.3, -0.25) is 4.79 Å². The number of carbonyl (C=O) groups excluding carboxylic acids is 1. The number of benzene rings is 2. The minimum Gasteiger partial charge on any atom is -0.301 e. The number of nitrogens with one attached hydrogen (secondary N) is 1. The number of hydrogen-bond acceptors (Lipinski definition) is 6. The molecule has 4 nitrogen and oxygen atoms in total. The minimum absolute atomic E-state index is 0.0252. The number of thioether (sulfide) groups is 1. The van der Waals surface area contributed by atoms with Gasteiger partial charge >= 0.3 is 0 Å². The van der Waals surface area contributed by atoms with Crippen LogP contribution >= 0.6 is 34.4 Å². The van der Waals surface area contributed by atoms with Crippen molar-refractivity contribution < 1.29 is 4.79 Å². The molecule has 2 aromatic heterocycles. The van der Waals surface area contributed by atoms with Crippen LogP contribution in [0.25, 0.3) is 20.4 Å². The molecule has 1 amide bonds. The third-order valence-electron chi connectivity index (χ3n) is 3.66. The average molecular weight is 386 g/mol. The summed E-state index contributed by atoms with van der Waals surface area (Å²) in [6.45, 7) is 2.03. The van der Waals surface area contributed by atoms with Gasteiger partial charge in [0.25, 0.3) is 0 Å². The summed E-state index contributed by atoms with van der Waals surface area (Å²) < 4.78 is 2.28. The molecule has 0 saturated heterocycles. The number of thiazole rings is 2. The van der Waals surface area contributed by atoms with Gasteiger partial charge in [0.05, 0.1) is 26.2 Å². The maximum Gasteiger partial charge on any atom is 0.236 e. The molecule has 0 unspecified atom stereocenters. The first kappa shape index (κ1) is 16.5. The molecule has 25 heavy (non-hydrogen) atoms. The molecular formula is C18H15N3OS3. The Morgan fingerprint density at radius 1 is 1.08 bits per heavy atom. The van der Waals surface area contributed by atoms with Crippen LogP contribution in [0.3, 0.4) is 0 Å². The van der Waals surface area contributed by atoms with E-state index in [0.29, 0.717) is 10.9 Å². The van der Waals surface area contributed by atoms with E-state index in [1.165, 1.54) is 16.0 Å². The first-order valence-corrected chi connectivity index (χ1v) is 10.6. The van der Waals surface area contributed by atoms with E-state index in [4.69, 9.17) is 0 Å². The van der Waals surface area contributed by atoms with Crippen molar-refractivity contribution in [3.63, 3.8) is 0 Å². The molecular weight excluding hydrogens is 370 g/mol. The lowest BCUT2D eigenvalue weighted by atomic mass is 10.2. The number of nitrogens with zero attached hydrogens (tertiary/aromatic N) is 2. The van der Waals surface area contributed by atoms with Gasteiger partial charge in [-0.15, -0.1) is 23.1 Å². The number of carbonyl (C=O) groups is 1. The van der Waals surface area contributed by atoms with Gasteiger partial charge in [-0.05, 0) is 30.7 Å². The highest BCUT2D eigenvalue weighted by Gasteiger charge is 2.10. The first-order chi connectivity index (χ1) is 12.2. The van der Waals surface area contributed by atoms with Crippen LogP contribution in [0.2, 0.25) is 0 Å². The van der Waals surface area contributed by atoms with Crippen LogP contribution in [-0.2, 0) is 10.5 Å². The predicted molar refractivity (Wildman–Crippen MR) is 109 cm³/mol. The Kier molecular flexibility index (Phi) is 4.70. The molecule has 4 rings (SSSR count). The summed E-state index contributed by atoms with van der Waals surface area (Å²) >= 11 is 4.77. The van der Waals surface area contributed by atoms with Gasteiger partial charge in [-0.2, -0.15) is 0 Å². The average Bonchev–Trinajstić information content (AvgIpc) is 3.18. The van der Waals surface area contributed by atoms with Gasteiger partial charge in [0.1, 0.15) is 5.01 Å². The summed E-state index contributed by atoms with van der Waals surface area (Å²) in [5.41, 5.74) is 3.11. The number of amides is 1. The number of fused-ring (bicyclic) bond motifs is 2. The zero-order chi connectivity index (χ0) is 17.2. The van der Waals surface area contributed by atoms with Crippen molar-refractivity contribution in [1.29, 1.82) is 0 Å². The summed E-state index contributed by atoms with van der Waals surface area (Å²) in [4.78, 5) is 21.3. The highest BCUT2D eigenvalue weighted by molar-refractivity contribution is 7.99. The van der Waals surface area contributed by atoms with Crippen LogP contribution in [0, 0.1) is 6.92 Å². The zero-order valence-corrected chi connectivity index (χ0v) is 15.9. The Labute approximate surface area is 157 Å². The van der Waals surface area contributed by atoms with Crippen LogP contribution in [0.15, 0.2) is 42.5 Å². The summed E-state index contributed by atoms with van der Waals surface area (Å²) in [6.07, 6.45) is 0. The highest BCUT2D eigenvalue weighted by atomic mass is 32.2. The van der Waals surface area contributed by atoms with Crippen LogP contribution in [0.5, 0.6) is 0 Å². The van der Waals surface area contributed by atoms with Crippen molar-refractivity contribution >= 4 is 65.9 Å². The molecule has 2 heterocycles. The molecule has 0 bridgehead atoms. The van der Waals surface area contributed by atoms with Crippen molar-refractivity contribution in [2.24, 2.45) is 0 Å². The Hall–Kier alpha value is -1.96. The summed E-state index contributed by atoms with van der Waals surface area (Å²) in [5, 5.41) is 4.61. The molecule has 0 spiro atoms. The number of hydrogen-bond donors (Lipinski definition) is 1. The number of aryl methyl sites for hydroxylation is 1. The molecule has 0 atom stereocenters. The lowest BCUT2D eigenvalue weighted by Crippen LogP contribution is -2.13. The molecule has 126 valence electrons. The number of para-hydroxylation sites is 2. The lowest BCUT2D eigenvalue weighted by Gasteiger charge is -2.00. The molecule has 7 heteroatoms. The smallest absolute Gasteiger partial charge is 0.236 e. The number of rotatable bonds is 5. The standard InChI is InChI=1S/C18H15N3OS3/c1-11-5-4-8-14-17(11)21-18(25-14)20-15(22)9-23-10-16-19-12-6-2-3-7-13(12)24-16/h2-8H,9-10H2,1H3,(H,20,21,22). The van der Waals surface area contributed by atoms with Gasteiger partial charge in [-0.1, -0.05) is 35.6 Å². The van der Waals surface area contributed by atoms with E-state index in [1.807, 2.05) is 43.3 Å². The maximum atomic E-state index is 12.2. The SMILES string of the molecule is Cc1cccc2sc(NC(=O)CSCc3nc4ccccc4s3)nc12. The monoisotopic (exact) mass is 385 g/mol. The Balaban J connectivity index is 1.34. The lowest BCUT2D eigenvalue weighted by molar-refractivity contribution is -0.113. The number of anilines is 1. The van der Waals surface area contributed by atoms with Crippen molar-refractivity contribution in [3.8, 4) is 0 Å². The molecule has 0 aliphatic carbocycles. The van der Waals surface area contributed by atoms with Crippen molar-refractivity contribution in [2.45, 2.75) is 12.7 Å². The van der Waals surface area contributed by atoms with Gasteiger partial charge in [0.15, 0.2) is 5.13 Å². The van der Waals surface area contributed by atoms with Gasteiger partial charge in [0.2, 0.25) is 5.91 Å². The molecule has 0 radical (unpaired) electrons. The second-order valence-electron chi connectivity index (χ2n) is 5.56. The topological polar surface area (TPSA) is 54.9 Å². The van der Waals surface area contributed by atoms with E-state index in [9.17, 15) is 4.79 Å². The van der Waals surface area contributed by atoms with E-state index < -0.39 is 0 Å². The van der Waals surface area contributed by atoms with Crippen LogP contribution < -0.4 is 5.32 Å². The fourth-order valence-electron chi connectivity index (χ4n) is 2.51. The van der Waals surface area contributed by atoms with Crippen molar-refractivity contribution in [3.05, 3.63) is 53.0 Å². The fraction of sp³-hybridized carbons (Fsp3) is 0.167. The summed E-state index contributed by atoms with van der Waals surface area (Å²) in [7, 11) is 0. The largest absolute Gasteiger partial charge is 0.301 e. The molecule has 0 fully saturated rings. The summed E-state index contributed by atoms with van der Waals surface area (Å²) in [5.74, 6) is 1.11. The highest BCUT2D eigenvalue weighted by Crippen LogP contribution is 2.28. The molecule has 0 aliphatic rings. The Morgan fingerprint density at radius 3 is 2.76 bits per heavy atom. The predicted octanol–water partition coefficient (Wildman–Crippen LogP) is 5.09. The van der Waals surface area contributed by atoms with Crippen molar-refractivity contribution in [1.82, 2.24) is 9.97 Å². The second-order valence-corrected chi connectivity index (χ2v) is 8.69. The Bertz CT molecular complexity index is 1020. The van der Waals surface area contributed by atoms with E-state index >= 15 is 0 Å². The third kappa shape index (κ3) is 3.68. The van der Waals surface area contributed by atoms with Gasteiger partial charge in [0, 0.05) is 5.75 Å². The first-order valence-electron chi connectivity index (χ1n) is 7.77. The van der Waals surface area contributed by atoms with Crippen LogP contribution in [0.1, 0.15) is 10.6 Å². The molecule has 4 aromatic rings. The summed E-state index contributed by atoms with van der Waals surface area (Å²) in [6, 6.07) is 14.2. The normalized spacial score (nSPS) is 11.2.